The first-order valence-electron chi connectivity index (χ1n) is 7.27. The third kappa shape index (κ3) is 6.36. The average Bonchev–Trinajstić information content (AvgIpc) is 2.40. The van der Waals surface area contributed by atoms with Crippen molar-refractivity contribution in [3.8, 4) is 6.07 Å². The number of hydrogen-bond acceptors (Lipinski definition) is 5. The van der Waals surface area contributed by atoms with E-state index in [2.05, 4.69) is 47.3 Å². The zero-order valence-corrected chi connectivity index (χ0v) is 17.1. The zero-order valence-electron chi connectivity index (χ0n) is 14.3. The molecule has 22 heavy (non-hydrogen) atoms. The van der Waals surface area contributed by atoms with Gasteiger partial charge in [0.1, 0.15) is 23.1 Å². The lowest BCUT2D eigenvalue weighted by Gasteiger charge is -2.40. The maximum absolute atomic E-state index is 9.21. The van der Waals surface area contributed by atoms with E-state index in [1.807, 2.05) is 36.4 Å². The molecule has 0 aliphatic carbocycles. The highest BCUT2D eigenvalue weighted by atomic mass is 32.2. The van der Waals surface area contributed by atoms with Gasteiger partial charge in [0.25, 0.3) is 0 Å². The molecule has 1 rings (SSSR count). The van der Waals surface area contributed by atoms with Gasteiger partial charge in [0.05, 0.1) is 12.1 Å². The Morgan fingerprint density at radius 1 is 1.14 bits per heavy atom. The van der Waals surface area contributed by atoms with Gasteiger partial charge in [-0.25, -0.2) is 0 Å². The van der Waals surface area contributed by atoms with Crippen molar-refractivity contribution in [2.75, 3.05) is 0 Å². The van der Waals surface area contributed by atoms with Gasteiger partial charge in [-0.1, -0.05) is 69.6 Å². The Morgan fingerprint density at radius 3 is 2.14 bits per heavy atom. The molecule has 0 N–H and O–H groups in total. The SMILES string of the molecule is C[Si](C)(C)N(SN=C(C#N)OCc1ccccc1)[Si](C)(C)C. The summed E-state index contributed by atoms with van der Waals surface area (Å²) in [6.07, 6.45) is 0. The molecule has 120 valence electrons. The zero-order chi connectivity index (χ0) is 16.8. The average molecular weight is 352 g/mol. The molecule has 0 bridgehead atoms. The second-order valence-corrected chi connectivity index (χ2v) is 18.4. The van der Waals surface area contributed by atoms with Crippen molar-refractivity contribution in [2.24, 2.45) is 4.40 Å². The van der Waals surface area contributed by atoms with Crippen molar-refractivity contribution in [1.82, 2.24) is 3.64 Å². The van der Waals surface area contributed by atoms with E-state index < -0.39 is 16.5 Å². The molecule has 0 aromatic heterocycles. The third-order valence-electron chi connectivity index (χ3n) is 2.74. The number of benzene rings is 1. The van der Waals surface area contributed by atoms with E-state index >= 15 is 0 Å². The summed E-state index contributed by atoms with van der Waals surface area (Å²) in [5, 5.41) is 9.21. The van der Waals surface area contributed by atoms with Crippen LogP contribution in [0.15, 0.2) is 34.7 Å². The van der Waals surface area contributed by atoms with Crippen molar-refractivity contribution in [3.05, 3.63) is 35.9 Å². The molecule has 0 fully saturated rings. The Morgan fingerprint density at radius 2 is 1.68 bits per heavy atom. The minimum Gasteiger partial charge on any atom is -0.465 e. The molecule has 0 heterocycles. The van der Waals surface area contributed by atoms with Crippen molar-refractivity contribution in [3.63, 3.8) is 0 Å². The van der Waals surface area contributed by atoms with Crippen LogP contribution in [0.2, 0.25) is 39.3 Å². The minimum absolute atomic E-state index is 0.135. The molecule has 0 atom stereocenters. The van der Waals surface area contributed by atoms with Crippen molar-refractivity contribution >= 4 is 34.5 Å². The Bertz CT molecular complexity index is 531. The fraction of sp³-hybridized carbons (Fsp3) is 0.467. The standard InChI is InChI=1S/C15H25N3OSSi2/c1-21(2,3)18(22(4,5)6)20-17-15(12-16)19-13-14-10-8-7-9-11-14/h7-11H,13H2,1-6H3. The molecule has 0 saturated carbocycles. The molecule has 4 nitrogen and oxygen atoms in total. The molecule has 0 radical (unpaired) electrons. The van der Waals surface area contributed by atoms with Gasteiger partial charge in [0.15, 0.2) is 6.07 Å². The fourth-order valence-corrected chi connectivity index (χ4v) is 12.6. The van der Waals surface area contributed by atoms with Crippen LogP contribution in [0.5, 0.6) is 0 Å². The van der Waals surface area contributed by atoms with E-state index in [1.165, 1.54) is 12.1 Å². The first-order valence-corrected chi connectivity index (χ1v) is 14.9. The van der Waals surface area contributed by atoms with Crippen LogP contribution in [0.1, 0.15) is 5.56 Å². The summed E-state index contributed by atoms with van der Waals surface area (Å²) >= 11 is 1.40. The van der Waals surface area contributed by atoms with Gasteiger partial charge in [-0.05, 0) is 5.56 Å². The van der Waals surface area contributed by atoms with E-state index in [0.717, 1.165) is 5.56 Å². The first-order chi connectivity index (χ1) is 10.1. The highest BCUT2D eigenvalue weighted by Crippen LogP contribution is 2.29. The van der Waals surface area contributed by atoms with Crippen LogP contribution in [-0.2, 0) is 11.3 Å². The molecule has 1 aromatic rings. The molecule has 0 aliphatic heterocycles. The van der Waals surface area contributed by atoms with Crippen LogP contribution >= 0.6 is 12.1 Å². The fourth-order valence-electron chi connectivity index (χ4n) is 2.13. The van der Waals surface area contributed by atoms with Crippen LogP contribution in [0.3, 0.4) is 0 Å². The molecule has 0 unspecified atom stereocenters. The maximum atomic E-state index is 9.21. The second kappa shape index (κ2) is 7.97. The summed E-state index contributed by atoms with van der Waals surface area (Å²) in [5.74, 6) is 0.135. The molecule has 0 aliphatic rings. The molecule has 0 saturated heterocycles. The van der Waals surface area contributed by atoms with Crippen molar-refractivity contribution in [1.29, 1.82) is 5.26 Å². The lowest BCUT2D eigenvalue weighted by atomic mass is 10.2. The Kier molecular flexibility index (Phi) is 6.87. The summed E-state index contributed by atoms with van der Waals surface area (Å²) in [6, 6.07) is 11.8. The van der Waals surface area contributed by atoms with Gasteiger partial charge < -0.3 is 4.74 Å². The lowest BCUT2D eigenvalue weighted by molar-refractivity contribution is 0.297. The van der Waals surface area contributed by atoms with E-state index in [1.54, 1.807) is 0 Å². The molecular formula is C15H25N3OSSi2. The Labute approximate surface area is 140 Å². The summed E-state index contributed by atoms with van der Waals surface area (Å²) in [4.78, 5) is 0. The third-order valence-corrected chi connectivity index (χ3v) is 13.4. The lowest BCUT2D eigenvalue weighted by Crippen LogP contribution is -2.54. The van der Waals surface area contributed by atoms with Gasteiger partial charge in [0, 0.05) is 0 Å². The molecule has 0 amide bonds. The van der Waals surface area contributed by atoms with E-state index in [0.29, 0.717) is 6.61 Å². The summed E-state index contributed by atoms with van der Waals surface area (Å²) < 4.78 is 12.3. The van der Waals surface area contributed by atoms with Gasteiger partial charge in [-0.3, -0.25) is 3.64 Å². The van der Waals surface area contributed by atoms with Crippen LogP contribution in [0.4, 0.5) is 0 Å². The highest BCUT2D eigenvalue weighted by molar-refractivity contribution is 7.98. The second-order valence-electron chi connectivity index (χ2n) is 7.00. The predicted molar refractivity (Wildman–Crippen MR) is 100 cm³/mol. The normalized spacial score (nSPS) is 13.1. The summed E-state index contributed by atoms with van der Waals surface area (Å²) in [5.41, 5.74) is 1.03. The Hall–Kier alpha value is -1.08. The minimum atomic E-state index is -1.50. The number of rotatable bonds is 6. The number of hydrogen-bond donors (Lipinski definition) is 0. The molecule has 0 spiro atoms. The van der Waals surface area contributed by atoms with Crippen molar-refractivity contribution in [2.45, 2.75) is 45.9 Å². The summed E-state index contributed by atoms with van der Waals surface area (Å²) in [6.45, 7) is 14.1. The smallest absolute Gasteiger partial charge is 0.303 e. The monoisotopic (exact) mass is 351 g/mol. The number of ether oxygens (including phenoxy) is 1. The van der Waals surface area contributed by atoms with Crippen molar-refractivity contribution < 1.29 is 4.74 Å². The van der Waals surface area contributed by atoms with E-state index in [4.69, 9.17) is 4.74 Å². The van der Waals surface area contributed by atoms with Crippen LogP contribution in [-0.4, -0.2) is 26.0 Å². The molecular weight excluding hydrogens is 326 g/mol. The Balaban J connectivity index is 2.73. The van der Waals surface area contributed by atoms with Gasteiger partial charge in [0.2, 0.25) is 0 Å². The highest BCUT2D eigenvalue weighted by Gasteiger charge is 2.35. The van der Waals surface area contributed by atoms with Gasteiger partial charge in [-0.2, -0.15) is 9.66 Å². The first kappa shape index (κ1) is 19.0. The topological polar surface area (TPSA) is 48.6 Å². The number of nitriles is 1. The quantitative estimate of drug-likeness (QED) is 0.324. The van der Waals surface area contributed by atoms with E-state index in [9.17, 15) is 5.26 Å². The largest absolute Gasteiger partial charge is 0.465 e. The molecule has 1 aromatic carbocycles. The van der Waals surface area contributed by atoms with Gasteiger partial charge >= 0.3 is 5.90 Å². The van der Waals surface area contributed by atoms with Gasteiger partial charge in [-0.15, -0.1) is 0 Å². The molecule has 7 heteroatoms. The maximum Gasteiger partial charge on any atom is 0.303 e. The predicted octanol–water partition coefficient (Wildman–Crippen LogP) is 4.66. The van der Waals surface area contributed by atoms with Crippen LogP contribution in [0.25, 0.3) is 0 Å². The van der Waals surface area contributed by atoms with Crippen LogP contribution in [0, 0.1) is 11.3 Å². The van der Waals surface area contributed by atoms with E-state index in [-0.39, 0.29) is 5.90 Å². The summed E-state index contributed by atoms with van der Waals surface area (Å²) in [7, 11) is -3.01. The van der Waals surface area contributed by atoms with Crippen LogP contribution < -0.4 is 0 Å². The number of nitrogens with zero attached hydrogens (tertiary/aromatic N) is 3.